The zero-order valence-corrected chi connectivity index (χ0v) is 17.3. The molecule has 1 saturated heterocycles. The highest BCUT2D eigenvalue weighted by molar-refractivity contribution is 6.34. The molecule has 3 rings (SSSR count). The molecule has 1 aromatic carbocycles. The monoisotopic (exact) mass is 408 g/mol. The van der Waals surface area contributed by atoms with Gasteiger partial charge in [0.1, 0.15) is 5.82 Å². The Balaban J connectivity index is 1.39. The molecule has 1 aromatic rings. The van der Waals surface area contributed by atoms with Crippen molar-refractivity contribution in [1.29, 1.82) is 0 Å². The van der Waals surface area contributed by atoms with Gasteiger partial charge in [0, 0.05) is 24.4 Å². The second-order valence-corrected chi connectivity index (χ2v) is 8.72. The molecule has 1 saturated carbocycles. The van der Waals surface area contributed by atoms with E-state index in [1.807, 2.05) is 0 Å². The van der Waals surface area contributed by atoms with E-state index in [-0.39, 0.29) is 22.6 Å². The molecule has 0 spiro atoms. The van der Waals surface area contributed by atoms with Crippen LogP contribution in [0.15, 0.2) is 18.2 Å². The Bertz CT molecular complexity index is 696. The topological polar surface area (TPSA) is 49.4 Å². The quantitative estimate of drug-likeness (QED) is 0.707. The van der Waals surface area contributed by atoms with Crippen LogP contribution in [0.25, 0.3) is 0 Å². The Labute approximate surface area is 171 Å². The maximum atomic E-state index is 13.2. The van der Waals surface area contributed by atoms with Crippen molar-refractivity contribution in [3.63, 3.8) is 0 Å². The molecule has 0 bridgehead atoms. The average Bonchev–Trinajstić information content (AvgIpc) is 2.67. The minimum atomic E-state index is -0.414. The Hall–Kier alpha value is -1.46. The van der Waals surface area contributed by atoms with E-state index < -0.39 is 5.82 Å². The van der Waals surface area contributed by atoms with Gasteiger partial charge in [0.25, 0.3) is 0 Å². The highest BCUT2D eigenvalue weighted by Gasteiger charge is 2.28. The maximum Gasteiger partial charge on any atom is 0.217 e. The summed E-state index contributed by atoms with van der Waals surface area (Å²) < 4.78 is 13.2. The summed E-state index contributed by atoms with van der Waals surface area (Å²) in [6, 6.07) is 4.37. The highest BCUT2D eigenvalue weighted by Crippen LogP contribution is 2.29. The number of halogens is 2. The summed E-state index contributed by atoms with van der Waals surface area (Å²) in [6.07, 6.45) is 7.39. The molecule has 6 heteroatoms. The summed E-state index contributed by atoms with van der Waals surface area (Å²) in [4.78, 5) is 26.3. The number of amides is 1. The van der Waals surface area contributed by atoms with Crippen LogP contribution in [-0.4, -0.2) is 42.3 Å². The molecule has 0 aromatic heterocycles. The van der Waals surface area contributed by atoms with Crippen molar-refractivity contribution in [2.75, 3.05) is 19.6 Å². The molecule has 0 unspecified atom stereocenters. The second kappa shape index (κ2) is 9.84. The van der Waals surface area contributed by atoms with Crippen molar-refractivity contribution in [3.05, 3.63) is 34.6 Å². The number of rotatable bonds is 6. The molecule has 2 aliphatic rings. The molecule has 0 radical (unpaired) electrons. The van der Waals surface area contributed by atoms with E-state index >= 15 is 0 Å². The molecule has 1 aliphatic carbocycles. The van der Waals surface area contributed by atoms with Gasteiger partial charge in [-0.25, -0.2) is 4.39 Å². The van der Waals surface area contributed by atoms with Gasteiger partial charge in [-0.2, -0.15) is 0 Å². The molecular weight excluding hydrogens is 379 g/mol. The van der Waals surface area contributed by atoms with E-state index in [2.05, 4.69) is 10.2 Å². The van der Waals surface area contributed by atoms with Crippen LogP contribution in [0.4, 0.5) is 4.39 Å². The van der Waals surface area contributed by atoms with Crippen molar-refractivity contribution in [1.82, 2.24) is 10.2 Å². The molecule has 0 atom stereocenters. The van der Waals surface area contributed by atoms with Crippen LogP contribution in [0.1, 0.15) is 62.2 Å². The lowest BCUT2D eigenvalue weighted by Gasteiger charge is -2.34. The third kappa shape index (κ3) is 5.77. The van der Waals surface area contributed by atoms with Crippen LogP contribution in [0.3, 0.4) is 0 Å². The Kier molecular flexibility index (Phi) is 7.47. The summed E-state index contributed by atoms with van der Waals surface area (Å²) in [7, 11) is 0. The third-order valence-electron chi connectivity index (χ3n) is 6.26. The van der Waals surface area contributed by atoms with Crippen molar-refractivity contribution >= 4 is 23.3 Å². The lowest BCUT2D eigenvalue weighted by atomic mass is 9.83. The van der Waals surface area contributed by atoms with Crippen molar-refractivity contribution in [2.45, 2.75) is 57.9 Å². The number of hydrogen-bond donors (Lipinski definition) is 1. The minimum Gasteiger partial charge on any atom is -0.354 e. The van der Waals surface area contributed by atoms with Gasteiger partial charge in [-0.05, 0) is 88.7 Å². The van der Waals surface area contributed by atoms with Crippen LogP contribution in [0, 0.1) is 17.7 Å². The number of hydrogen-bond acceptors (Lipinski definition) is 3. The number of nitrogens with one attached hydrogen (secondary N) is 1. The van der Waals surface area contributed by atoms with Crippen molar-refractivity contribution in [2.24, 2.45) is 11.8 Å². The molecule has 1 heterocycles. The lowest BCUT2D eigenvalue weighted by molar-refractivity contribution is -0.119. The molecule has 1 amide bonds. The summed E-state index contributed by atoms with van der Waals surface area (Å²) in [6.45, 7) is 4.52. The van der Waals surface area contributed by atoms with E-state index in [1.165, 1.54) is 37.5 Å². The standard InChI is InChI=1S/C22H30ClFN2O2/c1-15(27)25-19-5-2-16(3-6-19)8-11-26-12-9-17(10-13-26)22(28)20-7-4-18(24)14-21(20)23/h4,7,14,16-17,19H,2-3,5-6,8-13H2,1H3,(H,25,27). The van der Waals surface area contributed by atoms with Gasteiger partial charge in [0.15, 0.2) is 5.78 Å². The summed E-state index contributed by atoms with van der Waals surface area (Å²) in [5.41, 5.74) is 0.442. The van der Waals surface area contributed by atoms with Gasteiger partial charge in [-0.1, -0.05) is 11.6 Å². The Morgan fingerprint density at radius 3 is 2.43 bits per heavy atom. The zero-order valence-electron chi connectivity index (χ0n) is 16.6. The van der Waals surface area contributed by atoms with E-state index in [0.717, 1.165) is 51.2 Å². The molecule has 2 fully saturated rings. The van der Waals surface area contributed by atoms with Crippen LogP contribution in [0.5, 0.6) is 0 Å². The van der Waals surface area contributed by atoms with E-state index in [9.17, 15) is 14.0 Å². The summed E-state index contributed by atoms with van der Waals surface area (Å²) >= 11 is 6.05. The third-order valence-corrected chi connectivity index (χ3v) is 6.58. The molecule has 1 N–H and O–H groups in total. The lowest BCUT2D eigenvalue weighted by Crippen LogP contribution is -2.39. The molecule has 1 aliphatic heterocycles. The van der Waals surface area contributed by atoms with Crippen LogP contribution in [-0.2, 0) is 4.79 Å². The predicted molar refractivity (Wildman–Crippen MR) is 109 cm³/mol. The van der Waals surface area contributed by atoms with Gasteiger partial charge < -0.3 is 10.2 Å². The first-order valence-corrected chi connectivity index (χ1v) is 10.8. The number of carbonyl (C=O) groups is 2. The highest BCUT2D eigenvalue weighted by atomic mass is 35.5. The number of Topliss-reactive ketones (excluding diaryl/α,β-unsaturated/α-hetero) is 1. The molecule has 28 heavy (non-hydrogen) atoms. The largest absolute Gasteiger partial charge is 0.354 e. The fourth-order valence-corrected chi connectivity index (χ4v) is 4.84. The normalized spacial score (nSPS) is 24.1. The molecular formula is C22H30ClFN2O2. The van der Waals surface area contributed by atoms with E-state index in [4.69, 9.17) is 11.6 Å². The first kappa shape index (κ1) is 21.3. The number of nitrogens with zero attached hydrogens (tertiary/aromatic N) is 1. The first-order chi connectivity index (χ1) is 13.4. The molecule has 4 nitrogen and oxygen atoms in total. The first-order valence-electron chi connectivity index (χ1n) is 10.4. The van der Waals surface area contributed by atoms with E-state index in [0.29, 0.717) is 11.6 Å². The van der Waals surface area contributed by atoms with Crippen molar-refractivity contribution < 1.29 is 14.0 Å². The number of likely N-dealkylation sites (tertiary alicyclic amines) is 1. The average molecular weight is 409 g/mol. The number of benzene rings is 1. The van der Waals surface area contributed by atoms with Gasteiger partial charge in [-0.3, -0.25) is 9.59 Å². The zero-order chi connectivity index (χ0) is 20.1. The minimum absolute atomic E-state index is 0.0210. The van der Waals surface area contributed by atoms with Gasteiger partial charge in [0.05, 0.1) is 5.02 Å². The predicted octanol–water partition coefficient (Wildman–Crippen LogP) is 4.46. The Morgan fingerprint density at radius 2 is 1.82 bits per heavy atom. The van der Waals surface area contributed by atoms with Gasteiger partial charge >= 0.3 is 0 Å². The fourth-order valence-electron chi connectivity index (χ4n) is 4.58. The summed E-state index contributed by atoms with van der Waals surface area (Å²) in [5, 5.41) is 3.24. The fraction of sp³-hybridized carbons (Fsp3) is 0.636. The maximum absolute atomic E-state index is 13.2. The summed E-state index contributed by atoms with van der Waals surface area (Å²) in [5.74, 6) is 0.418. The van der Waals surface area contributed by atoms with Crippen molar-refractivity contribution in [3.8, 4) is 0 Å². The van der Waals surface area contributed by atoms with Gasteiger partial charge in [0.2, 0.25) is 5.91 Å². The second-order valence-electron chi connectivity index (χ2n) is 8.31. The van der Waals surface area contributed by atoms with Crippen LogP contribution in [0.2, 0.25) is 5.02 Å². The van der Waals surface area contributed by atoms with Gasteiger partial charge in [-0.15, -0.1) is 0 Å². The Morgan fingerprint density at radius 1 is 1.14 bits per heavy atom. The number of piperidine rings is 1. The molecule has 154 valence electrons. The number of ketones is 1. The SMILES string of the molecule is CC(=O)NC1CCC(CCN2CCC(C(=O)c3ccc(F)cc3Cl)CC2)CC1. The van der Waals surface area contributed by atoms with E-state index in [1.54, 1.807) is 6.92 Å². The smallest absolute Gasteiger partial charge is 0.217 e. The van der Waals surface area contributed by atoms with Crippen LogP contribution < -0.4 is 5.32 Å². The van der Waals surface area contributed by atoms with Crippen LogP contribution >= 0.6 is 11.6 Å². The number of carbonyl (C=O) groups excluding carboxylic acids is 2.